The quantitative estimate of drug-likeness (QED) is 0.294. The molecule has 0 radical (unpaired) electrons. The number of benzene rings is 1. The van der Waals surface area contributed by atoms with Gasteiger partial charge < -0.3 is 9.84 Å². The van der Waals surface area contributed by atoms with Crippen LogP contribution in [0, 0.1) is 6.57 Å². The van der Waals surface area contributed by atoms with E-state index in [1.54, 1.807) is 24.3 Å². The van der Waals surface area contributed by atoms with E-state index in [-0.39, 0.29) is 6.54 Å². The summed E-state index contributed by atoms with van der Waals surface area (Å²) in [6.07, 6.45) is 0.711. The molecule has 0 spiro atoms. The van der Waals surface area contributed by atoms with E-state index in [1.165, 1.54) is 7.11 Å². The standard InChI is InChI=1S/C14H14N2O5/c1-15-11-6-4-10(5-7-11)9-16(21-3)13(18)8-12(17)14(19)20-2/h4-8,17H,9H2,2-3H3/b12-8-. The Hall–Kier alpha value is -2.85. The molecule has 0 saturated heterocycles. The zero-order valence-electron chi connectivity index (χ0n) is 11.6. The van der Waals surface area contributed by atoms with Crippen LogP contribution in [0.2, 0.25) is 0 Å². The van der Waals surface area contributed by atoms with Crippen LogP contribution in [-0.4, -0.2) is 36.3 Å². The van der Waals surface area contributed by atoms with Crippen LogP contribution in [0.4, 0.5) is 5.69 Å². The van der Waals surface area contributed by atoms with Crippen molar-refractivity contribution in [3.8, 4) is 0 Å². The lowest BCUT2D eigenvalue weighted by molar-refractivity contribution is -0.173. The van der Waals surface area contributed by atoms with Crippen LogP contribution < -0.4 is 0 Å². The normalized spacial score (nSPS) is 10.6. The molecule has 1 rings (SSSR count). The number of rotatable bonds is 5. The van der Waals surface area contributed by atoms with Crippen LogP contribution in [0.5, 0.6) is 0 Å². The highest BCUT2D eigenvalue weighted by Gasteiger charge is 2.16. The van der Waals surface area contributed by atoms with E-state index in [0.717, 1.165) is 17.7 Å². The molecule has 0 heterocycles. The monoisotopic (exact) mass is 290 g/mol. The van der Waals surface area contributed by atoms with E-state index in [4.69, 9.17) is 11.4 Å². The highest BCUT2D eigenvalue weighted by atomic mass is 16.7. The number of hydroxylamine groups is 2. The van der Waals surface area contributed by atoms with Crippen molar-refractivity contribution in [1.29, 1.82) is 0 Å². The first-order valence-electron chi connectivity index (χ1n) is 5.82. The van der Waals surface area contributed by atoms with Gasteiger partial charge in [0.1, 0.15) is 0 Å². The van der Waals surface area contributed by atoms with Crippen molar-refractivity contribution in [3.05, 3.63) is 53.1 Å². The summed E-state index contributed by atoms with van der Waals surface area (Å²) in [7, 11) is 2.37. The summed E-state index contributed by atoms with van der Waals surface area (Å²) < 4.78 is 4.27. The largest absolute Gasteiger partial charge is 0.502 e. The Labute approximate surface area is 121 Å². The average Bonchev–Trinajstić information content (AvgIpc) is 2.51. The van der Waals surface area contributed by atoms with E-state index >= 15 is 0 Å². The van der Waals surface area contributed by atoms with Gasteiger partial charge in [0, 0.05) is 0 Å². The minimum atomic E-state index is -1.01. The molecule has 110 valence electrons. The summed E-state index contributed by atoms with van der Waals surface area (Å²) in [6.45, 7) is 6.95. The highest BCUT2D eigenvalue weighted by molar-refractivity contribution is 5.96. The summed E-state index contributed by atoms with van der Waals surface area (Å²) >= 11 is 0. The van der Waals surface area contributed by atoms with Crippen molar-refractivity contribution in [1.82, 2.24) is 5.06 Å². The third kappa shape index (κ3) is 4.63. The van der Waals surface area contributed by atoms with Crippen molar-refractivity contribution in [2.45, 2.75) is 6.54 Å². The average molecular weight is 290 g/mol. The number of hydrogen-bond donors (Lipinski definition) is 1. The summed E-state index contributed by atoms with van der Waals surface area (Å²) in [4.78, 5) is 31.0. The Morgan fingerprint density at radius 2 is 1.95 bits per heavy atom. The Kier molecular flexibility index (Phi) is 5.92. The molecule has 0 aliphatic rings. The fraction of sp³-hybridized carbons (Fsp3) is 0.214. The first-order valence-corrected chi connectivity index (χ1v) is 5.82. The van der Waals surface area contributed by atoms with Gasteiger partial charge in [-0.05, 0) is 5.56 Å². The molecule has 7 nitrogen and oxygen atoms in total. The van der Waals surface area contributed by atoms with Crippen LogP contribution >= 0.6 is 0 Å². The molecule has 0 atom stereocenters. The van der Waals surface area contributed by atoms with Gasteiger partial charge in [-0.3, -0.25) is 9.63 Å². The number of hydrogen-bond acceptors (Lipinski definition) is 5. The molecule has 1 N–H and O–H groups in total. The first-order chi connectivity index (χ1) is 10.0. The third-order valence-corrected chi connectivity index (χ3v) is 2.51. The number of ether oxygens (including phenoxy) is 1. The van der Waals surface area contributed by atoms with Crippen molar-refractivity contribution in [3.63, 3.8) is 0 Å². The molecule has 7 heteroatoms. The lowest BCUT2D eigenvalue weighted by Gasteiger charge is -2.18. The molecule has 1 aromatic carbocycles. The minimum absolute atomic E-state index is 0.0958. The van der Waals surface area contributed by atoms with Gasteiger partial charge in [-0.25, -0.2) is 14.7 Å². The van der Waals surface area contributed by atoms with Crippen LogP contribution in [-0.2, 0) is 25.7 Å². The molecule has 0 saturated carbocycles. The number of aliphatic hydroxyl groups excluding tert-OH is 1. The highest BCUT2D eigenvalue weighted by Crippen LogP contribution is 2.14. The fourth-order valence-electron chi connectivity index (χ4n) is 1.43. The van der Waals surface area contributed by atoms with E-state index in [2.05, 4.69) is 9.58 Å². The summed E-state index contributed by atoms with van der Waals surface area (Å²) in [5.74, 6) is -2.54. The van der Waals surface area contributed by atoms with E-state index in [9.17, 15) is 14.7 Å². The van der Waals surface area contributed by atoms with E-state index < -0.39 is 17.6 Å². The Balaban J connectivity index is 2.80. The minimum Gasteiger partial charge on any atom is -0.502 e. The molecule has 1 aromatic rings. The van der Waals surface area contributed by atoms with E-state index in [0.29, 0.717) is 11.8 Å². The first kappa shape index (κ1) is 16.2. The van der Waals surface area contributed by atoms with Crippen molar-refractivity contribution in [2.75, 3.05) is 14.2 Å². The molecule has 0 aliphatic carbocycles. The van der Waals surface area contributed by atoms with Gasteiger partial charge in [-0.2, -0.15) is 0 Å². The van der Waals surface area contributed by atoms with Gasteiger partial charge in [-0.15, -0.1) is 0 Å². The molecular formula is C14H14N2O5. The van der Waals surface area contributed by atoms with Crippen LogP contribution in [0.25, 0.3) is 4.85 Å². The Morgan fingerprint density at radius 3 is 2.43 bits per heavy atom. The smallest absolute Gasteiger partial charge is 0.373 e. The summed E-state index contributed by atoms with van der Waals surface area (Å²) in [6, 6.07) is 6.58. The zero-order valence-corrected chi connectivity index (χ0v) is 11.6. The molecule has 0 unspecified atom stereocenters. The molecule has 1 amide bonds. The lowest BCUT2D eigenvalue weighted by atomic mass is 10.2. The topological polar surface area (TPSA) is 80.4 Å². The predicted molar refractivity (Wildman–Crippen MR) is 73.0 cm³/mol. The van der Waals surface area contributed by atoms with Gasteiger partial charge in [0.05, 0.1) is 33.4 Å². The second kappa shape index (κ2) is 7.67. The van der Waals surface area contributed by atoms with Crippen LogP contribution in [0.3, 0.4) is 0 Å². The fourth-order valence-corrected chi connectivity index (χ4v) is 1.43. The van der Waals surface area contributed by atoms with Crippen LogP contribution in [0.15, 0.2) is 36.1 Å². The summed E-state index contributed by atoms with van der Waals surface area (Å²) in [5.41, 5.74) is 1.21. The van der Waals surface area contributed by atoms with Crippen LogP contribution in [0.1, 0.15) is 5.56 Å². The van der Waals surface area contributed by atoms with Crippen molar-refractivity contribution < 1.29 is 24.3 Å². The van der Waals surface area contributed by atoms with Gasteiger partial charge >= 0.3 is 5.97 Å². The number of esters is 1. The molecule has 0 aromatic heterocycles. The molecule has 0 fully saturated rings. The van der Waals surface area contributed by atoms with Crippen molar-refractivity contribution in [2.24, 2.45) is 0 Å². The third-order valence-electron chi connectivity index (χ3n) is 2.51. The second-order valence-electron chi connectivity index (χ2n) is 3.86. The number of carbonyl (C=O) groups excluding carboxylic acids is 2. The number of aliphatic hydroxyl groups is 1. The maximum absolute atomic E-state index is 11.8. The number of methoxy groups -OCH3 is 1. The van der Waals surface area contributed by atoms with Crippen molar-refractivity contribution >= 4 is 17.6 Å². The molecular weight excluding hydrogens is 276 g/mol. The van der Waals surface area contributed by atoms with E-state index in [1.807, 2.05) is 0 Å². The van der Waals surface area contributed by atoms with Gasteiger partial charge in [0.2, 0.25) is 5.76 Å². The van der Waals surface area contributed by atoms with Gasteiger partial charge in [0.15, 0.2) is 5.69 Å². The number of amides is 1. The number of carbonyl (C=O) groups is 2. The molecule has 0 bridgehead atoms. The molecule has 0 aliphatic heterocycles. The molecule has 21 heavy (non-hydrogen) atoms. The Morgan fingerprint density at radius 1 is 1.33 bits per heavy atom. The maximum atomic E-state index is 11.8. The maximum Gasteiger partial charge on any atom is 0.373 e. The Bertz CT molecular complexity index is 586. The second-order valence-corrected chi connectivity index (χ2v) is 3.86. The SMILES string of the molecule is [C-]#[N+]c1ccc(CN(OC)C(=O)/C=C(\O)C(=O)OC)cc1. The summed E-state index contributed by atoms with van der Waals surface area (Å²) in [5, 5.41) is 10.3. The predicted octanol–water partition coefficient (Wildman–Crippen LogP) is 1.74. The zero-order chi connectivity index (χ0) is 15.8. The van der Waals surface area contributed by atoms with Gasteiger partial charge in [0.25, 0.3) is 5.91 Å². The van der Waals surface area contributed by atoms with Gasteiger partial charge in [-0.1, -0.05) is 24.3 Å². The lowest BCUT2D eigenvalue weighted by Crippen LogP contribution is -2.28. The number of nitrogens with zero attached hydrogens (tertiary/aromatic N) is 2.